The van der Waals surface area contributed by atoms with E-state index >= 15 is 0 Å². The molecule has 2 N–H and O–H groups in total. The summed E-state index contributed by atoms with van der Waals surface area (Å²) in [7, 11) is 0. The first-order valence-corrected chi connectivity index (χ1v) is 6.11. The third-order valence-corrected chi connectivity index (χ3v) is 3.05. The summed E-state index contributed by atoms with van der Waals surface area (Å²) in [5.74, 6) is 0.794. The Kier molecular flexibility index (Phi) is 3.54. The molecule has 1 heterocycles. The van der Waals surface area contributed by atoms with E-state index < -0.39 is 0 Å². The summed E-state index contributed by atoms with van der Waals surface area (Å²) in [5.41, 5.74) is 7.70. The summed E-state index contributed by atoms with van der Waals surface area (Å²) in [6.45, 7) is 2.55. The van der Waals surface area contributed by atoms with E-state index in [0.29, 0.717) is 11.7 Å². The van der Waals surface area contributed by atoms with E-state index in [2.05, 4.69) is 11.9 Å². The summed E-state index contributed by atoms with van der Waals surface area (Å²) < 4.78 is 5.71. The predicted octanol–water partition coefficient (Wildman–Crippen LogP) is 2.96. The van der Waals surface area contributed by atoms with Gasteiger partial charge in [-0.15, -0.1) is 0 Å². The summed E-state index contributed by atoms with van der Waals surface area (Å²) in [5, 5.41) is 2.69. The van der Waals surface area contributed by atoms with Crippen LogP contribution in [0.1, 0.15) is 18.2 Å². The van der Waals surface area contributed by atoms with Gasteiger partial charge in [0.1, 0.15) is 5.75 Å². The smallest absolute Gasteiger partial charge is 0.278 e. The molecule has 4 heteroatoms. The SMILES string of the molecule is CCc1csc(Oc2ccccc2CN)n1. The summed E-state index contributed by atoms with van der Waals surface area (Å²) >= 11 is 1.51. The second-order valence-corrected chi connectivity index (χ2v) is 4.19. The highest BCUT2D eigenvalue weighted by molar-refractivity contribution is 7.11. The van der Waals surface area contributed by atoms with Gasteiger partial charge < -0.3 is 10.5 Å². The molecule has 2 rings (SSSR count). The van der Waals surface area contributed by atoms with Crippen molar-refractivity contribution >= 4 is 11.3 Å². The van der Waals surface area contributed by atoms with Gasteiger partial charge in [0.2, 0.25) is 0 Å². The van der Waals surface area contributed by atoms with Crippen molar-refractivity contribution in [1.82, 2.24) is 4.98 Å². The molecule has 0 aliphatic carbocycles. The molecule has 0 aliphatic rings. The van der Waals surface area contributed by atoms with Gasteiger partial charge >= 0.3 is 0 Å². The minimum absolute atomic E-state index is 0.474. The zero-order chi connectivity index (χ0) is 11.4. The number of thiazole rings is 1. The van der Waals surface area contributed by atoms with E-state index in [1.54, 1.807) is 0 Å². The molecule has 0 bridgehead atoms. The molecular formula is C12H14N2OS. The molecule has 0 amide bonds. The number of rotatable bonds is 4. The third-order valence-electron chi connectivity index (χ3n) is 2.28. The molecule has 0 atom stereocenters. The lowest BCUT2D eigenvalue weighted by Gasteiger charge is -2.06. The summed E-state index contributed by atoms with van der Waals surface area (Å²) in [6.07, 6.45) is 0.929. The van der Waals surface area contributed by atoms with Crippen molar-refractivity contribution in [2.45, 2.75) is 19.9 Å². The van der Waals surface area contributed by atoms with Crippen LogP contribution in [0.2, 0.25) is 0 Å². The minimum Gasteiger partial charge on any atom is -0.431 e. The molecule has 0 saturated carbocycles. The third kappa shape index (κ3) is 2.40. The largest absolute Gasteiger partial charge is 0.431 e. The maximum absolute atomic E-state index is 5.71. The molecule has 0 radical (unpaired) electrons. The Labute approximate surface area is 98.9 Å². The maximum Gasteiger partial charge on any atom is 0.278 e. The minimum atomic E-state index is 0.474. The van der Waals surface area contributed by atoms with E-state index in [9.17, 15) is 0 Å². The first-order chi connectivity index (χ1) is 7.83. The maximum atomic E-state index is 5.71. The lowest BCUT2D eigenvalue weighted by atomic mass is 10.2. The number of hydrogen-bond acceptors (Lipinski definition) is 4. The van der Waals surface area contributed by atoms with Gasteiger partial charge in [-0.05, 0) is 12.5 Å². The van der Waals surface area contributed by atoms with Gasteiger partial charge in [-0.3, -0.25) is 0 Å². The molecule has 0 spiro atoms. The fraction of sp³-hybridized carbons (Fsp3) is 0.250. The fourth-order valence-electron chi connectivity index (χ4n) is 1.36. The lowest BCUT2D eigenvalue weighted by molar-refractivity contribution is 0.471. The van der Waals surface area contributed by atoms with Crippen LogP contribution >= 0.6 is 11.3 Å². The van der Waals surface area contributed by atoms with Crippen molar-refractivity contribution < 1.29 is 4.74 Å². The van der Waals surface area contributed by atoms with Gasteiger partial charge in [0.05, 0.1) is 5.69 Å². The number of hydrogen-bond donors (Lipinski definition) is 1. The van der Waals surface area contributed by atoms with Crippen LogP contribution in [-0.2, 0) is 13.0 Å². The van der Waals surface area contributed by atoms with E-state index in [0.717, 1.165) is 23.4 Å². The van der Waals surface area contributed by atoms with Crippen LogP contribution in [-0.4, -0.2) is 4.98 Å². The van der Waals surface area contributed by atoms with Crippen LogP contribution < -0.4 is 10.5 Å². The molecule has 1 aromatic heterocycles. The Balaban J connectivity index is 2.19. The van der Waals surface area contributed by atoms with E-state index in [1.165, 1.54) is 11.3 Å². The van der Waals surface area contributed by atoms with Crippen molar-refractivity contribution in [3.05, 3.63) is 40.9 Å². The zero-order valence-corrected chi connectivity index (χ0v) is 9.96. The zero-order valence-electron chi connectivity index (χ0n) is 9.14. The molecule has 16 heavy (non-hydrogen) atoms. The van der Waals surface area contributed by atoms with Gasteiger partial charge in [-0.1, -0.05) is 36.5 Å². The molecule has 0 fully saturated rings. The number of ether oxygens (including phenoxy) is 1. The quantitative estimate of drug-likeness (QED) is 0.884. The molecule has 0 saturated heterocycles. The van der Waals surface area contributed by atoms with Crippen LogP contribution in [0.15, 0.2) is 29.6 Å². The van der Waals surface area contributed by atoms with Crippen molar-refractivity contribution in [2.24, 2.45) is 5.73 Å². The van der Waals surface area contributed by atoms with Crippen molar-refractivity contribution in [3.8, 4) is 10.9 Å². The molecule has 2 aromatic rings. The average Bonchev–Trinajstić information content (AvgIpc) is 2.77. The molecular weight excluding hydrogens is 220 g/mol. The fourth-order valence-corrected chi connectivity index (χ4v) is 2.13. The summed E-state index contributed by atoms with van der Waals surface area (Å²) in [4.78, 5) is 4.35. The van der Waals surface area contributed by atoms with Gasteiger partial charge in [-0.2, -0.15) is 0 Å². The van der Waals surface area contributed by atoms with Gasteiger partial charge in [0.25, 0.3) is 5.19 Å². The standard InChI is InChI=1S/C12H14N2OS/c1-2-10-8-16-12(14-10)15-11-6-4-3-5-9(11)7-13/h3-6,8H,2,7,13H2,1H3. The monoisotopic (exact) mass is 234 g/mol. The number of para-hydroxylation sites is 1. The number of benzene rings is 1. The highest BCUT2D eigenvalue weighted by atomic mass is 32.1. The number of aryl methyl sites for hydroxylation is 1. The number of nitrogens with zero attached hydrogens (tertiary/aromatic N) is 1. The molecule has 0 unspecified atom stereocenters. The lowest BCUT2D eigenvalue weighted by Crippen LogP contribution is -1.98. The topological polar surface area (TPSA) is 48.1 Å². The predicted molar refractivity (Wildman–Crippen MR) is 65.9 cm³/mol. The van der Waals surface area contributed by atoms with Crippen LogP contribution in [0.5, 0.6) is 10.9 Å². The highest BCUT2D eigenvalue weighted by Crippen LogP contribution is 2.27. The molecule has 1 aromatic carbocycles. The molecule has 84 valence electrons. The Morgan fingerprint density at radius 1 is 1.38 bits per heavy atom. The van der Waals surface area contributed by atoms with Crippen molar-refractivity contribution in [2.75, 3.05) is 0 Å². The molecule has 0 aliphatic heterocycles. The van der Waals surface area contributed by atoms with E-state index in [4.69, 9.17) is 10.5 Å². The Bertz CT molecular complexity index is 468. The van der Waals surface area contributed by atoms with Crippen molar-refractivity contribution in [1.29, 1.82) is 0 Å². The highest BCUT2D eigenvalue weighted by Gasteiger charge is 2.06. The Morgan fingerprint density at radius 3 is 2.88 bits per heavy atom. The number of aromatic nitrogens is 1. The normalized spacial score (nSPS) is 10.4. The average molecular weight is 234 g/mol. The second-order valence-electron chi connectivity index (χ2n) is 3.37. The summed E-state index contributed by atoms with van der Waals surface area (Å²) in [6, 6.07) is 7.76. The van der Waals surface area contributed by atoms with Crippen LogP contribution in [0.4, 0.5) is 0 Å². The molecule has 3 nitrogen and oxygen atoms in total. The van der Waals surface area contributed by atoms with Gasteiger partial charge in [0.15, 0.2) is 0 Å². The van der Waals surface area contributed by atoms with E-state index in [1.807, 2.05) is 29.6 Å². The Morgan fingerprint density at radius 2 is 2.19 bits per heavy atom. The Hall–Kier alpha value is -1.39. The first-order valence-electron chi connectivity index (χ1n) is 5.23. The van der Waals surface area contributed by atoms with E-state index in [-0.39, 0.29) is 0 Å². The van der Waals surface area contributed by atoms with Crippen molar-refractivity contribution in [3.63, 3.8) is 0 Å². The van der Waals surface area contributed by atoms with Crippen LogP contribution in [0.25, 0.3) is 0 Å². The van der Waals surface area contributed by atoms with Gasteiger partial charge in [0, 0.05) is 17.5 Å². The number of nitrogens with two attached hydrogens (primary N) is 1. The van der Waals surface area contributed by atoms with Gasteiger partial charge in [-0.25, -0.2) is 4.98 Å². The van der Waals surface area contributed by atoms with Crippen LogP contribution in [0, 0.1) is 0 Å². The second kappa shape index (κ2) is 5.09. The first kappa shape index (κ1) is 11.1. The van der Waals surface area contributed by atoms with Crippen LogP contribution in [0.3, 0.4) is 0 Å².